The monoisotopic (exact) mass is 407 g/mol. The average molecular weight is 407 g/mol. The summed E-state index contributed by atoms with van der Waals surface area (Å²) in [6.45, 7) is 3.04. The molecule has 154 valence electrons. The molecule has 1 aliphatic heterocycles. The molecule has 1 saturated heterocycles. The third-order valence-corrected chi connectivity index (χ3v) is 5.18. The lowest BCUT2D eigenvalue weighted by Gasteiger charge is -2.36. The minimum atomic E-state index is -1.32. The van der Waals surface area contributed by atoms with E-state index < -0.39 is 35.5 Å². The van der Waals surface area contributed by atoms with E-state index in [-0.39, 0.29) is 0 Å². The number of ether oxygens (including phenoxy) is 3. The van der Waals surface area contributed by atoms with Crippen LogP contribution in [0.1, 0.15) is 41.3 Å². The molecule has 4 rings (SSSR count). The highest BCUT2D eigenvalue weighted by Crippen LogP contribution is 2.40. The van der Waals surface area contributed by atoms with Gasteiger partial charge in [-0.05, 0) is 29.3 Å². The maximum absolute atomic E-state index is 12.9. The average Bonchev–Trinajstić information content (AvgIpc) is 3.13. The summed E-state index contributed by atoms with van der Waals surface area (Å²) >= 11 is 0. The fourth-order valence-corrected chi connectivity index (χ4v) is 3.85. The van der Waals surface area contributed by atoms with E-state index in [1.165, 1.54) is 21.0 Å². The van der Waals surface area contributed by atoms with Crippen molar-refractivity contribution in [2.24, 2.45) is 5.92 Å². The molecule has 1 N–H and O–H groups in total. The number of fused-ring (bicyclic) bond motifs is 1. The van der Waals surface area contributed by atoms with Crippen LogP contribution in [0, 0.1) is 5.92 Å². The number of benzene rings is 2. The van der Waals surface area contributed by atoms with Gasteiger partial charge in [-0.15, -0.1) is 0 Å². The van der Waals surface area contributed by atoms with E-state index in [2.05, 4.69) is 4.98 Å². The predicted octanol–water partition coefficient (Wildman–Crippen LogP) is 3.54. The number of cyclic esters (lactones) is 2. The SMILES string of the molecule is COC(=O)c1ccc([C@H](c2c[nH]c3ccccc23)C2C(=O)OC(C)(C)OC2=O)cc1. The van der Waals surface area contributed by atoms with Crippen LogP contribution in [0.4, 0.5) is 0 Å². The van der Waals surface area contributed by atoms with Gasteiger partial charge in [0.05, 0.1) is 12.7 Å². The summed E-state index contributed by atoms with van der Waals surface area (Å²) in [6.07, 6.45) is 1.78. The van der Waals surface area contributed by atoms with Crippen molar-refractivity contribution < 1.29 is 28.6 Å². The number of H-pyrrole nitrogens is 1. The Balaban J connectivity index is 1.85. The predicted molar refractivity (Wildman–Crippen MR) is 108 cm³/mol. The fourth-order valence-electron chi connectivity index (χ4n) is 3.85. The van der Waals surface area contributed by atoms with E-state index in [0.29, 0.717) is 11.1 Å². The first kappa shape index (κ1) is 19.7. The zero-order chi connectivity index (χ0) is 21.5. The Hall–Kier alpha value is -3.61. The minimum Gasteiger partial charge on any atom is -0.465 e. The molecular weight excluding hydrogens is 386 g/mol. The van der Waals surface area contributed by atoms with Gasteiger partial charge in [-0.3, -0.25) is 9.59 Å². The van der Waals surface area contributed by atoms with E-state index in [1.807, 2.05) is 24.3 Å². The highest BCUT2D eigenvalue weighted by Gasteiger charge is 2.48. The Morgan fingerprint density at radius 2 is 1.67 bits per heavy atom. The number of nitrogens with one attached hydrogen (secondary N) is 1. The number of carbonyl (C=O) groups excluding carboxylic acids is 3. The molecule has 0 amide bonds. The first-order valence-corrected chi connectivity index (χ1v) is 9.51. The summed E-state index contributed by atoms with van der Waals surface area (Å²) in [4.78, 5) is 40.7. The molecule has 0 saturated carbocycles. The third-order valence-electron chi connectivity index (χ3n) is 5.18. The molecule has 0 unspecified atom stereocenters. The summed E-state index contributed by atoms with van der Waals surface area (Å²) < 4.78 is 15.5. The van der Waals surface area contributed by atoms with Crippen LogP contribution in [-0.4, -0.2) is 35.8 Å². The lowest BCUT2D eigenvalue weighted by atomic mass is 9.79. The molecule has 30 heavy (non-hydrogen) atoms. The zero-order valence-corrected chi connectivity index (χ0v) is 16.8. The molecule has 1 aromatic heterocycles. The van der Waals surface area contributed by atoms with Crippen molar-refractivity contribution in [1.29, 1.82) is 0 Å². The van der Waals surface area contributed by atoms with E-state index in [1.54, 1.807) is 30.5 Å². The first-order valence-electron chi connectivity index (χ1n) is 9.51. The molecule has 1 fully saturated rings. The number of methoxy groups -OCH3 is 1. The fraction of sp³-hybridized carbons (Fsp3) is 0.261. The molecule has 2 aromatic carbocycles. The van der Waals surface area contributed by atoms with Crippen molar-refractivity contribution in [3.05, 3.63) is 71.4 Å². The molecule has 1 aliphatic rings. The topological polar surface area (TPSA) is 94.7 Å². The van der Waals surface area contributed by atoms with E-state index in [9.17, 15) is 14.4 Å². The second kappa shape index (κ2) is 7.33. The van der Waals surface area contributed by atoms with Crippen molar-refractivity contribution in [2.75, 3.05) is 7.11 Å². The van der Waals surface area contributed by atoms with Gasteiger partial charge < -0.3 is 19.2 Å². The van der Waals surface area contributed by atoms with E-state index in [0.717, 1.165) is 16.5 Å². The van der Waals surface area contributed by atoms with Gasteiger partial charge in [0.1, 0.15) is 0 Å². The molecule has 0 spiro atoms. The number of aromatic amines is 1. The molecule has 0 aliphatic carbocycles. The van der Waals surface area contributed by atoms with Crippen LogP contribution in [0.5, 0.6) is 0 Å². The summed E-state index contributed by atoms with van der Waals surface area (Å²) in [5.74, 6) is -4.93. The van der Waals surface area contributed by atoms with Crippen LogP contribution in [0.2, 0.25) is 0 Å². The highest BCUT2D eigenvalue weighted by molar-refractivity contribution is 5.99. The first-order chi connectivity index (χ1) is 14.3. The molecule has 2 heterocycles. The summed E-state index contributed by atoms with van der Waals surface area (Å²) in [7, 11) is 1.31. The van der Waals surface area contributed by atoms with Crippen molar-refractivity contribution in [1.82, 2.24) is 4.98 Å². The van der Waals surface area contributed by atoms with Crippen molar-refractivity contribution in [3.8, 4) is 0 Å². The third kappa shape index (κ3) is 3.43. The van der Waals surface area contributed by atoms with Crippen LogP contribution in [0.15, 0.2) is 54.7 Å². The second-order valence-corrected chi connectivity index (χ2v) is 7.60. The summed E-state index contributed by atoms with van der Waals surface area (Å²) in [5.41, 5.74) is 2.68. The van der Waals surface area contributed by atoms with Gasteiger partial charge in [-0.25, -0.2) is 4.79 Å². The number of esters is 3. The molecule has 0 radical (unpaired) electrons. The molecule has 1 atom stereocenters. The molecular formula is C23H21NO6. The van der Waals surface area contributed by atoms with Crippen LogP contribution in [0.3, 0.4) is 0 Å². The smallest absolute Gasteiger partial charge is 0.337 e. The summed E-state index contributed by atoms with van der Waals surface area (Å²) in [6, 6.07) is 14.2. The van der Waals surface area contributed by atoms with Crippen molar-refractivity contribution >= 4 is 28.8 Å². The lowest BCUT2D eigenvalue weighted by Crippen LogP contribution is -2.48. The standard InChI is InChI=1S/C23H21NO6/c1-23(2)29-21(26)19(22(27)30-23)18(13-8-10-14(11-9-13)20(25)28-3)16-12-24-17-7-5-4-6-15(16)17/h4-12,18-19,24H,1-3H3/t18-/m1/s1. The van der Waals surface area contributed by atoms with E-state index >= 15 is 0 Å². The van der Waals surface area contributed by atoms with Gasteiger partial charge in [0.25, 0.3) is 5.79 Å². The second-order valence-electron chi connectivity index (χ2n) is 7.60. The number of carbonyl (C=O) groups is 3. The van der Waals surface area contributed by atoms with Crippen molar-refractivity contribution in [2.45, 2.75) is 25.6 Å². The molecule has 0 bridgehead atoms. The highest BCUT2D eigenvalue weighted by atomic mass is 16.7. The normalized spacial score (nSPS) is 17.3. The van der Waals surface area contributed by atoms with Gasteiger partial charge in [0, 0.05) is 36.9 Å². The Kier molecular flexibility index (Phi) is 4.81. The van der Waals surface area contributed by atoms with Crippen LogP contribution in [-0.2, 0) is 23.8 Å². The molecule has 7 nitrogen and oxygen atoms in total. The van der Waals surface area contributed by atoms with Gasteiger partial charge in [-0.1, -0.05) is 30.3 Å². The van der Waals surface area contributed by atoms with Gasteiger partial charge in [0.15, 0.2) is 5.92 Å². The maximum atomic E-state index is 12.9. The Morgan fingerprint density at radius 3 is 2.30 bits per heavy atom. The molecule has 3 aromatic rings. The maximum Gasteiger partial charge on any atom is 0.337 e. The number of para-hydroxylation sites is 1. The number of aromatic nitrogens is 1. The van der Waals surface area contributed by atoms with Crippen LogP contribution in [0.25, 0.3) is 10.9 Å². The molecule has 7 heteroatoms. The largest absolute Gasteiger partial charge is 0.465 e. The Bertz CT molecular complexity index is 1110. The van der Waals surface area contributed by atoms with Gasteiger partial charge in [-0.2, -0.15) is 0 Å². The number of hydrogen-bond acceptors (Lipinski definition) is 6. The zero-order valence-electron chi connectivity index (χ0n) is 16.8. The summed E-state index contributed by atoms with van der Waals surface area (Å²) in [5, 5.41) is 0.880. The number of hydrogen-bond donors (Lipinski definition) is 1. The Morgan fingerprint density at radius 1 is 1.03 bits per heavy atom. The van der Waals surface area contributed by atoms with E-state index in [4.69, 9.17) is 14.2 Å². The minimum absolute atomic E-state index is 0.369. The van der Waals surface area contributed by atoms with Crippen LogP contribution < -0.4 is 0 Å². The Labute approximate surface area is 172 Å². The van der Waals surface area contributed by atoms with Crippen LogP contribution >= 0.6 is 0 Å². The quantitative estimate of drug-likeness (QED) is 0.525. The van der Waals surface area contributed by atoms with Gasteiger partial charge >= 0.3 is 17.9 Å². The lowest BCUT2D eigenvalue weighted by molar-refractivity contribution is -0.240. The van der Waals surface area contributed by atoms with Gasteiger partial charge in [0.2, 0.25) is 0 Å². The number of rotatable bonds is 4. The van der Waals surface area contributed by atoms with Crippen molar-refractivity contribution in [3.63, 3.8) is 0 Å².